The molecule has 3 nitrogen and oxygen atoms in total. The van der Waals surface area contributed by atoms with Crippen molar-refractivity contribution in [1.29, 1.82) is 0 Å². The van der Waals surface area contributed by atoms with Crippen molar-refractivity contribution < 1.29 is 9.18 Å². The van der Waals surface area contributed by atoms with Crippen LogP contribution in [0.1, 0.15) is 34.3 Å². The van der Waals surface area contributed by atoms with Gasteiger partial charge in [-0.15, -0.1) is 0 Å². The quantitative estimate of drug-likeness (QED) is 0.832. The van der Waals surface area contributed by atoms with E-state index in [9.17, 15) is 9.18 Å². The summed E-state index contributed by atoms with van der Waals surface area (Å²) in [5.41, 5.74) is 2.81. The van der Waals surface area contributed by atoms with Crippen LogP contribution in [0.15, 0.2) is 46.9 Å². The largest absolute Gasteiger partial charge is 0.348 e. The van der Waals surface area contributed by atoms with Gasteiger partial charge in [-0.25, -0.2) is 4.39 Å². The van der Waals surface area contributed by atoms with Crippen molar-refractivity contribution in [2.24, 2.45) is 0 Å². The Hall–Kier alpha value is -1.72. The topological polar surface area (TPSA) is 32.3 Å². The molecule has 0 atom stereocenters. The Kier molecular flexibility index (Phi) is 5.63. The lowest BCUT2D eigenvalue weighted by Crippen LogP contribution is -2.25. The summed E-state index contributed by atoms with van der Waals surface area (Å²) in [7, 11) is 0. The van der Waals surface area contributed by atoms with Gasteiger partial charge in [0.1, 0.15) is 5.82 Å². The van der Waals surface area contributed by atoms with Gasteiger partial charge in [-0.1, -0.05) is 24.3 Å². The van der Waals surface area contributed by atoms with Gasteiger partial charge in [0.25, 0.3) is 5.91 Å². The SMILES string of the molecule is O=C(NCc1ccccc1CN1CCCC1)c1ccc(F)cc1Br. The summed E-state index contributed by atoms with van der Waals surface area (Å²) in [4.78, 5) is 14.8. The summed E-state index contributed by atoms with van der Waals surface area (Å²) in [5, 5.41) is 2.93. The van der Waals surface area contributed by atoms with E-state index in [1.165, 1.54) is 36.6 Å². The fourth-order valence-corrected chi connectivity index (χ4v) is 3.54. The maximum Gasteiger partial charge on any atom is 0.252 e. The summed E-state index contributed by atoms with van der Waals surface area (Å²) in [6.07, 6.45) is 2.52. The monoisotopic (exact) mass is 390 g/mol. The number of nitrogens with one attached hydrogen (secondary N) is 1. The number of rotatable bonds is 5. The highest BCUT2D eigenvalue weighted by atomic mass is 79.9. The normalized spacial score (nSPS) is 14.8. The molecule has 1 amide bonds. The third-order valence-corrected chi connectivity index (χ3v) is 4.98. The van der Waals surface area contributed by atoms with E-state index in [2.05, 4.69) is 32.2 Å². The highest BCUT2D eigenvalue weighted by molar-refractivity contribution is 9.10. The van der Waals surface area contributed by atoms with Crippen molar-refractivity contribution in [2.75, 3.05) is 13.1 Å². The Morgan fingerprint density at radius 1 is 1.12 bits per heavy atom. The van der Waals surface area contributed by atoms with E-state index in [0.29, 0.717) is 16.6 Å². The van der Waals surface area contributed by atoms with Gasteiger partial charge in [0.2, 0.25) is 0 Å². The zero-order valence-corrected chi connectivity index (χ0v) is 15.0. The lowest BCUT2D eigenvalue weighted by molar-refractivity contribution is 0.0950. The molecular weight excluding hydrogens is 371 g/mol. The number of likely N-dealkylation sites (tertiary alicyclic amines) is 1. The van der Waals surface area contributed by atoms with Crippen LogP contribution in [-0.2, 0) is 13.1 Å². The van der Waals surface area contributed by atoms with E-state index in [0.717, 1.165) is 25.2 Å². The molecular formula is C19H20BrFN2O. The summed E-state index contributed by atoms with van der Waals surface area (Å²) in [6.45, 7) is 3.67. The van der Waals surface area contributed by atoms with Crippen molar-refractivity contribution in [1.82, 2.24) is 10.2 Å². The maximum absolute atomic E-state index is 13.1. The van der Waals surface area contributed by atoms with Crippen LogP contribution >= 0.6 is 15.9 Å². The van der Waals surface area contributed by atoms with Gasteiger partial charge >= 0.3 is 0 Å². The molecule has 1 aliphatic heterocycles. The molecule has 1 saturated heterocycles. The summed E-state index contributed by atoms with van der Waals surface area (Å²) in [6, 6.07) is 12.3. The lowest BCUT2D eigenvalue weighted by atomic mass is 10.1. The molecule has 1 heterocycles. The summed E-state index contributed by atoms with van der Waals surface area (Å²) >= 11 is 3.24. The van der Waals surface area contributed by atoms with Gasteiger partial charge in [-0.3, -0.25) is 9.69 Å². The van der Waals surface area contributed by atoms with Gasteiger partial charge in [-0.05, 0) is 71.2 Å². The van der Waals surface area contributed by atoms with Crippen LogP contribution in [-0.4, -0.2) is 23.9 Å². The Morgan fingerprint density at radius 3 is 2.54 bits per heavy atom. The zero-order valence-electron chi connectivity index (χ0n) is 13.4. The highest BCUT2D eigenvalue weighted by Crippen LogP contribution is 2.19. The molecule has 0 unspecified atom stereocenters. The average molecular weight is 391 g/mol. The first kappa shape index (κ1) is 17.1. The number of halogens is 2. The van der Waals surface area contributed by atoms with Gasteiger partial charge in [0.05, 0.1) is 5.56 Å². The molecule has 1 fully saturated rings. The van der Waals surface area contributed by atoms with Crippen LogP contribution in [0.25, 0.3) is 0 Å². The molecule has 0 aromatic heterocycles. The minimum absolute atomic E-state index is 0.210. The fourth-order valence-electron chi connectivity index (χ4n) is 3.01. The van der Waals surface area contributed by atoms with Crippen molar-refractivity contribution >= 4 is 21.8 Å². The molecule has 1 N–H and O–H groups in total. The molecule has 1 aliphatic rings. The Morgan fingerprint density at radius 2 is 1.83 bits per heavy atom. The van der Waals surface area contributed by atoms with Crippen LogP contribution < -0.4 is 5.32 Å². The molecule has 24 heavy (non-hydrogen) atoms. The minimum Gasteiger partial charge on any atom is -0.348 e. The third kappa shape index (κ3) is 4.22. The standard InChI is InChI=1S/C19H20BrFN2O/c20-18-11-16(21)7-8-17(18)19(24)22-12-14-5-1-2-6-15(14)13-23-9-3-4-10-23/h1-2,5-8,11H,3-4,9-10,12-13H2,(H,22,24). The molecule has 3 rings (SSSR count). The fraction of sp³-hybridized carbons (Fsp3) is 0.316. The number of carbonyl (C=O) groups is 1. The smallest absolute Gasteiger partial charge is 0.252 e. The van der Waals surface area contributed by atoms with Crippen LogP contribution in [0, 0.1) is 5.82 Å². The molecule has 0 aliphatic carbocycles. The second-order valence-electron chi connectivity index (χ2n) is 6.06. The number of amides is 1. The van der Waals surface area contributed by atoms with Crippen molar-refractivity contribution in [3.8, 4) is 0 Å². The van der Waals surface area contributed by atoms with Crippen LogP contribution in [0.3, 0.4) is 0 Å². The van der Waals surface area contributed by atoms with Gasteiger partial charge in [0, 0.05) is 17.6 Å². The predicted octanol–water partition coefficient (Wildman–Crippen LogP) is 4.11. The lowest BCUT2D eigenvalue weighted by Gasteiger charge is -2.18. The molecule has 2 aromatic rings. The second-order valence-corrected chi connectivity index (χ2v) is 6.91. The molecule has 0 bridgehead atoms. The molecule has 5 heteroatoms. The van der Waals surface area contributed by atoms with Gasteiger partial charge in [0.15, 0.2) is 0 Å². The summed E-state index contributed by atoms with van der Waals surface area (Å²) < 4.78 is 13.6. The molecule has 126 valence electrons. The van der Waals surface area contributed by atoms with E-state index in [4.69, 9.17) is 0 Å². The predicted molar refractivity (Wildman–Crippen MR) is 96.2 cm³/mol. The number of hydrogen-bond donors (Lipinski definition) is 1. The average Bonchev–Trinajstić information content (AvgIpc) is 3.07. The van der Waals surface area contributed by atoms with Crippen molar-refractivity contribution in [3.05, 3.63) is 69.4 Å². The summed E-state index contributed by atoms with van der Waals surface area (Å²) in [5.74, 6) is -0.577. The number of hydrogen-bond acceptors (Lipinski definition) is 2. The van der Waals surface area contributed by atoms with Crippen molar-refractivity contribution in [2.45, 2.75) is 25.9 Å². The van der Waals surface area contributed by atoms with E-state index in [1.54, 1.807) is 0 Å². The van der Waals surface area contributed by atoms with Crippen LogP contribution in [0.5, 0.6) is 0 Å². The number of benzene rings is 2. The van der Waals surface area contributed by atoms with E-state index in [1.807, 2.05) is 18.2 Å². The van der Waals surface area contributed by atoms with Gasteiger partial charge < -0.3 is 5.32 Å². The molecule has 0 radical (unpaired) electrons. The Labute approximate surface area is 150 Å². The molecule has 0 saturated carbocycles. The maximum atomic E-state index is 13.1. The van der Waals surface area contributed by atoms with Crippen LogP contribution in [0.2, 0.25) is 0 Å². The van der Waals surface area contributed by atoms with E-state index in [-0.39, 0.29) is 11.7 Å². The van der Waals surface area contributed by atoms with Crippen LogP contribution in [0.4, 0.5) is 4.39 Å². The van der Waals surface area contributed by atoms with E-state index >= 15 is 0 Å². The van der Waals surface area contributed by atoms with Crippen molar-refractivity contribution in [3.63, 3.8) is 0 Å². The first-order valence-electron chi connectivity index (χ1n) is 8.16. The van der Waals surface area contributed by atoms with E-state index < -0.39 is 0 Å². The second kappa shape index (κ2) is 7.90. The first-order chi connectivity index (χ1) is 11.6. The Balaban J connectivity index is 1.66. The Bertz CT molecular complexity index is 729. The molecule has 0 spiro atoms. The van der Waals surface area contributed by atoms with Gasteiger partial charge in [-0.2, -0.15) is 0 Å². The third-order valence-electron chi connectivity index (χ3n) is 4.33. The highest BCUT2D eigenvalue weighted by Gasteiger charge is 2.15. The zero-order chi connectivity index (χ0) is 16.9. The number of carbonyl (C=O) groups excluding carboxylic acids is 1. The number of nitrogens with zero attached hydrogens (tertiary/aromatic N) is 1. The molecule has 2 aromatic carbocycles. The minimum atomic E-state index is -0.366. The first-order valence-corrected chi connectivity index (χ1v) is 8.95.